The zero-order valence-electron chi connectivity index (χ0n) is 10.5. The SMILES string of the molecule is CCN(CC(N)=NO)Cc1ncnn1C(C)C. The van der Waals surface area contributed by atoms with Gasteiger partial charge in [-0.25, -0.2) is 9.67 Å². The van der Waals surface area contributed by atoms with Crippen molar-refractivity contribution in [2.45, 2.75) is 33.4 Å². The van der Waals surface area contributed by atoms with Crippen LogP contribution in [0.5, 0.6) is 0 Å². The monoisotopic (exact) mass is 240 g/mol. The molecule has 0 atom stereocenters. The molecule has 0 saturated carbocycles. The van der Waals surface area contributed by atoms with E-state index in [1.54, 1.807) is 6.33 Å². The second-order valence-corrected chi connectivity index (χ2v) is 4.11. The fourth-order valence-corrected chi connectivity index (χ4v) is 1.56. The second kappa shape index (κ2) is 6.19. The van der Waals surface area contributed by atoms with Gasteiger partial charge >= 0.3 is 0 Å². The summed E-state index contributed by atoms with van der Waals surface area (Å²) < 4.78 is 1.87. The predicted octanol–water partition coefficient (Wildman–Crippen LogP) is 0.427. The summed E-state index contributed by atoms with van der Waals surface area (Å²) in [4.78, 5) is 6.25. The first kappa shape index (κ1) is 13.4. The van der Waals surface area contributed by atoms with E-state index in [1.807, 2.05) is 16.5 Å². The Hall–Kier alpha value is -1.63. The van der Waals surface area contributed by atoms with Crippen LogP contribution in [-0.2, 0) is 6.54 Å². The molecular weight excluding hydrogens is 220 g/mol. The van der Waals surface area contributed by atoms with Crippen molar-refractivity contribution in [3.8, 4) is 0 Å². The number of amidine groups is 1. The van der Waals surface area contributed by atoms with Gasteiger partial charge in [-0.15, -0.1) is 0 Å². The van der Waals surface area contributed by atoms with Crippen molar-refractivity contribution >= 4 is 5.84 Å². The van der Waals surface area contributed by atoms with Gasteiger partial charge < -0.3 is 10.9 Å². The molecule has 0 unspecified atom stereocenters. The second-order valence-electron chi connectivity index (χ2n) is 4.11. The Labute approximate surface area is 101 Å². The number of oxime groups is 1. The van der Waals surface area contributed by atoms with E-state index in [-0.39, 0.29) is 11.9 Å². The molecular formula is C10H20N6O. The van der Waals surface area contributed by atoms with E-state index in [4.69, 9.17) is 10.9 Å². The lowest BCUT2D eigenvalue weighted by Crippen LogP contribution is -2.34. The highest BCUT2D eigenvalue weighted by atomic mass is 16.4. The summed E-state index contributed by atoms with van der Waals surface area (Å²) >= 11 is 0. The lowest BCUT2D eigenvalue weighted by molar-refractivity contribution is 0.284. The van der Waals surface area contributed by atoms with Crippen molar-refractivity contribution in [1.82, 2.24) is 19.7 Å². The Morgan fingerprint density at radius 2 is 2.35 bits per heavy atom. The summed E-state index contributed by atoms with van der Waals surface area (Å²) in [6.07, 6.45) is 1.55. The molecule has 17 heavy (non-hydrogen) atoms. The van der Waals surface area contributed by atoms with Crippen LogP contribution >= 0.6 is 0 Å². The fraction of sp³-hybridized carbons (Fsp3) is 0.700. The Kier molecular flexibility index (Phi) is 4.89. The molecule has 1 heterocycles. The molecule has 0 fully saturated rings. The number of nitrogens with two attached hydrogens (primary N) is 1. The van der Waals surface area contributed by atoms with Crippen LogP contribution in [0.4, 0.5) is 0 Å². The fourth-order valence-electron chi connectivity index (χ4n) is 1.56. The number of hydrogen-bond acceptors (Lipinski definition) is 5. The maximum atomic E-state index is 8.55. The molecule has 0 spiro atoms. The van der Waals surface area contributed by atoms with Crippen LogP contribution in [0.3, 0.4) is 0 Å². The molecule has 0 aliphatic heterocycles. The van der Waals surface area contributed by atoms with Gasteiger partial charge in [-0.05, 0) is 20.4 Å². The van der Waals surface area contributed by atoms with Gasteiger partial charge in [0.05, 0.1) is 13.1 Å². The van der Waals surface area contributed by atoms with Crippen molar-refractivity contribution in [2.24, 2.45) is 10.9 Å². The average Bonchev–Trinajstić information content (AvgIpc) is 2.76. The Morgan fingerprint density at radius 1 is 1.65 bits per heavy atom. The molecule has 0 aliphatic rings. The van der Waals surface area contributed by atoms with Gasteiger partial charge in [0.2, 0.25) is 0 Å². The molecule has 96 valence electrons. The molecule has 7 nitrogen and oxygen atoms in total. The van der Waals surface area contributed by atoms with Crippen molar-refractivity contribution in [3.63, 3.8) is 0 Å². The highest BCUT2D eigenvalue weighted by molar-refractivity contribution is 5.81. The van der Waals surface area contributed by atoms with Crippen LogP contribution in [0.1, 0.15) is 32.6 Å². The normalized spacial score (nSPS) is 12.6. The zero-order valence-corrected chi connectivity index (χ0v) is 10.5. The van der Waals surface area contributed by atoms with E-state index < -0.39 is 0 Å². The Morgan fingerprint density at radius 3 is 2.88 bits per heavy atom. The van der Waals surface area contributed by atoms with Crippen molar-refractivity contribution in [3.05, 3.63) is 12.2 Å². The predicted molar refractivity (Wildman–Crippen MR) is 64.8 cm³/mol. The summed E-state index contributed by atoms with van der Waals surface area (Å²) in [7, 11) is 0. The topological polar surface area (TPSA) is 92.6 Å². The highest BCUT2D eigenvalue weighted by Crippen LogP contribution is 2.07. The molecule has 1 aromatic heterocycles. The number of nitrogens with zero attached hydrogens (tertiary/aromatic N) is 5. The molecule has 0 radical (unpaired) electrons. The molecule has 0 aromatic carbocycles. The van der Waals surface area contributed by atoms with Crippen LogP contribution in [0.2, 0.25) is 0 Å². The van der Waals surface area contributed by atoms with Crippen LogP contribution in [0, 0.1) is 0 Å². The van der Waals surface area contributed by atoms with Gasteiger partial charge in [0.1, 0.15) is 12.2 Å². The number of likely N-dealkylation sites (N-methyl/N-ethyl adjacent to an activating group) is 1. The van der Waals surface area contributed by atoms with E-state index in [0.29, 0.717) is 13.1 Å². The molecule has 0 bridgehead atoms. The Bertz CT molecular complexity index is 373. The van der Waals surface area contributed by atoms with Crippen molar-refractivity contribution < 1.29 is 5.21 Å². The van der Waals surface area contributed by atoms with E-state index in [0.717, 1.165) is 12.4 Å². The van der Waals surface area contributed by atoms with Crippen LogP contribution in [-0.4, -0.2) is 43.8 Å². The van der Waals surface area contributed by atoms with Gasteiger partial charge in [-0.2, -0.15) is 5.10 Å². The van der Waals surface area contributed by atoms with Gasteiger partial charge in [-0.3, -0.25) is 4.90 Å². The molecule has 1 rings (SSSR count). The van der Waals surface area contributed by atoms with E-state index >= 15 is 0 Å². The number of rotatable bonds is 6. The van der Waals surface area contributed by atoms with Crippen molar-refractivity contribution in [2.75, 3.05) is 13.1 Å². The maximum absolute atomic E-state index is 8.55. The maximum Gasteiger partial charge on any atom is 0.153 e. The summed E-state index contributed by atoms with van der Waals surface area (Å²) in [5, 5.41) is 15.7. The minimum absolute atomic E-state index is 0.197. The van der Waals surface area contributed by atoms with Crippen LogP contribution < -0.4 is 5.73 Å². The first-order valence-corrected chi connectivity index (χ1v) is 5.65. The van der Waals surface area contributed by atoms with Gasteiger partial charge in [0, 0.05) is 6.04 Å². The molecule has 3 N–H and O–H groups in total. The minimum Gasteiger partial charge on any atom is -0.409 e. The Balaban J connectivity index is 2.70. The summed E-state index contributed by atoms with van der Waals surface area (Å²) in [6.45, 7) is 7.96. The minimum atomic E-state index is 0.197. The van der Waals surface area contributed by atoms with E-state index in [1.165, 1.54) is 0 Å². The van der Waals surface area contributed by atoms with Gasteiger partial charge in [0.15, 0.2) is 5.84 Å². The van der Waals surface area contributed by atoms with Gasteiger partial charge in [-0.1, -0.05) is 12.1 Å². The average molecular weight is 240 g/mol. The number of aromatic nitrogens is 3. The van der Waals surface area contributed by atoms with Gasteiger partial charge in [0.25, 0.3) is 0 Å². The smallest absolute Gasteiger partial charge is 0.153 e. The molecule has 7 heteroatoms. The first-order chi connectivity index (χ1) is 8.08. The lowest BCUT2D eigenvalue weighted by Gasteiger charge is -2.19. The van der Waals surface area contributed by atoms with Crippen LogP contribution in [0.15, 0.2) is 11.5 Å². The summed E-state index contributed by atoms with van der Waals surface area (Å²) in [6, 6.07) is 0.273. The molecule has 0 aliphatic carbocycles. The number of hydrogen-bond donors (Lipinski definition) is 2. The molecule has 0 amide bonds. The molecule has 0 saturated heterocycles. The third kappa shape index (κ3) is 3.70. The third-order valence-corrected chi connectivity index (χ3v) is 2.46. The summed E-state index contributed by atoms with van der Waals surface area (Å²) in [5.74, 6) is 1.08. The lowest BCUT2D eigenvalue weighted by atomic mass is 10.3. The zero-order chi connectivity index (χ0) is 12.8. The van der Waals surface area contributed by atoms with E-state index in [9.17, 15) is 0 Å². The largest absolute Gasteiger partial charge is 0.409 e. The molecule has 1 aromatic rings. The summed E-state index contributed by atoms with van der Waals surface area (Å²) in [5.41, 5.74) is 5.49. The standard InChI is InChI=1S/C10H20N6O/c1-4-15(5-9(11)14-17)6-10-12-7-13-16(10)8(2)3/h7-8,17H,4-6H2,1-3H3,(H2,11,14). The first-order valence-electron chi connectivity index (χ1n) is 5.65. The van der Waals surface area contributed by atoms with Crippen LogP contribution in [0.25, 0.3) is 0 Å². The third-order valence-electron chi connectivity index (χ3n) is 2.46. The van der Waals surface area contributed by atoms with E-state index in [2.05, 4.69) is 29.1 Å². The van der Waals surface area contributed by atoms with Crippen molar-refractivity contribution in [1.29, 1.82) is 0 Å². The quantitative estimate of drug-likeness (QED) is 0.325. The highest BCUT2D eigenvalue weighted by Gasteiger charge is 2.12.